The van der Waals surface area contributed by atoms with E-state index in [1.54, 1.807) is 0 Å². The van der Waals surface area contributed by atoms with E-state index in [-0.39, 0.29) is 18.9 Å². The van der Waals surface area contributed by atoms with Gasteiger partial charge in [-0.2, -0.15) is 0 Å². The number of halogens is 1. The van der Waals surface area contributed by atoms with Crippen LogP contribution in [0.15, 0.2) is 0 Å². The summed E-state index contributed by atoms with van der Waals surface area (Å²) in [5.74, 6) is -3.51. The predicted molar refractivity (Wildman–Crippen MR) is 35.7 cm³/mol. The summed E-state index contributed by atoms with van der Waals surface area (Å²) < 4.78 is 16.7. The number of carboxylic acids is 1. The summed E-state index contributed by atoms with van der Waals surface area (Å²) in [5.41, 5.74) is -0.892. The van der Waals surface area contributed by atoms with E-state index in [0.29, 0.717) is 0 Å². The molecule has 0 spiro atoms. The van der Waals surface area contributed by atoms with Crippen molar-refractivity contribution in [3.05, 3.63) is 0 Å². The second-order valence-corrected chi connectivity index (χ2v) is 3.22. The molecule has 0 aromatic carbocycles. The molecule has 0 fully saturated rings. The first kappa shape index (κ1) is 15.0. The Morgan fingerprint density at radius 1 is 1.38 bits per heavy atom. The number of esters is 1. The molecule has 0 rings (SSSR count). The molecule has 0 bridgehead atoms. The molecule has 0 aromatic heterocycles. The Bertz CT molecular complexity index is 199. The number of alkyl halides is 1. The first-order chi connectivity index (χ1) is 5.24. The molecule has 0 saturated carbocycles. The number of rotatable bonds is 2. The van der Waals surface area contributed by atoms with Crippen LogP contribution in [-0.4, -0.2) is 23.7 Å². The monoisotopic (exact) mass is 184 g/mol. The molecule has 70 valence electrons. The van der Waals surface area contributed by atoms with Crippen LogP contribution in [0.4, 0.5) is 4.39 Å². The van der Waals surface area contributed by atoms with Gasteiger partial charge in [0.15, 0.2) is 0 Å². The molecule has 0 amide bonds. The topological polar surface area (TPSA) is 66.4 Å². The van der Waals surface area contributed by atoms with E-state index in [1.165, 1.54) is 20.8 Å². The largest absolute Gasteiger partial charge is 1.00 e. The Balaban J connectivity index is 0. The summed E-state index contributed by atoms with van der Waals surface area (Å²) in [5, 5.41) is 9.84. The van der Waals surface area contributed by atoms with Crippen molar-refractivity contribution in [3.8, 4) is 0 Å². The quantitative estimate of drug-likeness (QED) is 0.253. The maximum Gasteiger partial charge on any atom is 1.00 e. The molecule has 0 aromatic rings. The number of carbonyl (C=O) groups excluding carboxylic acids is 2. The van der Waals surface area contributed by atoms with Gasteiger partial charge in [-0.3, -0.25) is 0 Å². The van der Waals surface area contributed by atoms with Crippen molar-refractivity contribution in [1.82, 2.24) is 0 Å². The zero-order valence-corrected chi connectivity index (χ0v) is 8.09. The minimum Gasteiger partial charge on any atom is -0.546 e. The smallest absolute Gasteiger partial charge is 0.546 e. The van der Waals surface area contributed by atoms with Gasteiger partial charge in [0.1, 0.15) is 5.60 Å². The molecule has 13 heavy (non-hydrogen) atoms. The van der Waals surface area contributed by atoms with Crippen molar-refractivity contribution in [2.45, 2.75) is 32.5 Å². The molecule has 0 aliphatic rings. The molecular weight excluding hydrogens is 174 g/mol. The van der Waals surface area contributed by atoms with Gasteiger partial charge >= 0.3 is 24.8 Å². The zero-order valence-electron chi connectivity index (χ0n) is 8.09. The second-order valence-electron chi connectivity index (χ2n) is 3.22. The summed E-state index contributed by atoms with van der Waals surface area (Å²) in [6.45, 7) is 4.52. The molecular formula is C7H10FLiO4. The van der Waals surface area contributed by atoms with Crippen molar-refractivity contribution in [2.75, 3.05) is 0 Å². The number of hydrogen-bond donors (Lipinski definition) is 0. The van der Waals surface area contributed by atoms with Crippen LogP contribution >= 0.6 is 0 Å². The number of carboxylic acid groups (broad SMARTS) is 1. The Labute approximate surface area is 87.6 Å². The van der Waals surface area contributed by atoms with Crippen LogP contribution in [0.3, 0.4) is 0 Å². The van der Waals surface area contributed by atoms with Gasteiger partial charge < -0.3 is 14.6 Å². The second kappa shape index (κ2) is 5.25. The van der Waals surface area contributed by atoms with Gasteiger partial charge in [-0.1, -0.05) is 0 Å². The molecule has 0 aliphatic heterocycles. The standard InChI is InChI=1S/C7H11FO4.Li/c1-7(2,3)12-6(11)4(8)5(9)10;/h4H,1-3H3,(H,9,10);/q;+1/p-1. The Morgan fingerprint density at radius 2 is 1.77 bits per heavy atom. The zero-order chi connectivity index (χ0) is 9.94. The molecule has 1 atom stereocenters. The summed E-state index contributed by atoms with van der Waals surface area (Å²) in [6.07, 6.45) is -2.70. The van der Waals surface area contributed by atoms with E-state index in [9.17, 15) is 19.1 Å². The summed E-state index contributed by atoms with van der Waals surface area (Å²) in [4.78, 5) is 20.4. The molecule has 0 radical (unpaired) electrons. The van der Waals surface area contributed by atoms with Crippen molar-refractivity contribution in [1.29, 1.82) is 0 Å². The minimum absolute atomic E-state index is 0. The van der Waals surface area contributed by atoms with Gasteiger partial charge in [-0.05, 0) is 20.8 Å². The average molecular weight is 184 g/mol. The minimum atomic E-state index is -2.70. The van der Waals surface area contributed by atoms with Crippen LogP contribution in [0.2, 0.25) is 0 Å². The van der Waals surface area contributed by atoms with Gasteiger partial charge in [0.2, 0.25) is 6.17 Å². The Morgan fingerprint density at radius 3 is 2.00 bits per heavy atom. The van der Waals surface area contributed by atoms with Crippen molar-refractivity contribution in [2.24, 2.45) is 0 Å². The van der Waals surface area contributed by atoms with Crippen LogP contribution in [0.1, 0.15) is 20.8 Å². The van der Waals surface area contributed by atoms with Gasteiger partial charge in [-0.25, -0.2) is 9.18 Å². The number of aliphatic carboxylic acids is 1. The first-order valence-electron chi connectivity index (χ1n) is 3.32. The number of ether oxygens (including phenoxy) is 1. The maximum atomic E-state index is 12.3. The van der Waals surface area contributed by atoms with Crippen LogP contribution in [0, 0.1) is 0 Å². The van der Waals surface area contributed by atoms with E-state index >= 15 is 0 Å². The van der Waals surface area contributed by atoms with Crippen molar-refractivity contribution >= 4 is 11.9 Å². The van der Waals surface area contributed by atoms with Crippen molar-refractivity contribution in [3.63, 3.8) is 0 Å². The molecule has 1 unspecified atom stereocenters. The van der Waals surface area contributed by atoms with Crippen molar-refractivity contribution < 1.29 is 42.7 Å². The molecule has 0 aliphatic carbocycles. The third-order valence-corrected chi connectivity index (χ3v) is 0.821. The van der Waals surface area contributed by atoms with Gasteiger partial charge in [0.25, 0.3) is 0 Å². The molecule has 4 nitrogen and oxygen atoms in total. The van der Waals surface area contributed by atoms with E-state index in [2.05, 4.69) is 4.74 Å². The van der Waals surface area contributed by atoms with E-state index in [1.807, 2.05) is 0 Å². The van der Waals surface area contributed by atoms with E-state index < -0.39 is 23.7 Å². The first-order valence-corrected chi connectivity index (χ1v) is 3.32. The van der Waals surface area contributed by atoms with Gasteiger partial charge in [-0.15, -0.1) is 0 Å². The fraction of sp³-hybridized carbons (Fsp3) is 0.714. The maximum absolute atomic E-state index is 12.3. The third kappa shape index (κ3) is 6.61. The van der Waals surface area contributed by atoms with Gasteiger partial charge in [0.05, 0.1) is 5.97 Å². The molecule has 0 heterocycles. The predicted octanol–water partition coefficient (Wildman–Crippen LogP) is -3.58. The third-order valence-electron chi connectivity index (χ3n) is 0.821. The van der Waals surface area contributed by atoms with Crippen LogP contribution in [-0.2, 0) is 14.3 Å². The normalized spacial score (nSPS) is 12.6. The number of carbonyl (C=O) groups is 2. The van der Waals surface area contributed by atoms with E-state index in [4.69, 9.17) is 0 Å². The fourth-order valence-corrected chi connectivity index (χ4v) is 0.450. The molecule has 0 saturated heterocycles. The van der Waals surface area contributed by atoms with Crippen LogP contribution in [0.5, 0.6) is 0 Å². The Hall–Kier alpha value is -0.533. The SMILES string of the molecule is CC(C)(C)OC(=O)C(F)C(=O)[O-].[Li+]. The van der Waals surface area contributed by atoms with E-state index in [0.717, 1.165) is 0 Å². The van der Waals surface area contributed by atoms with Crippen LogP contribution in [0.25, 0.3) is 0 Å². The summed E-state index contributed by atoms with van der Waals surface area (Å²) in [6, 6.07) is 0. The molecule has 6 heteroatoms. The summed E-state index contributed by atoms with van der Waals surface area (Å²) in [7, 11) is 0. The van der Waals surface area contributed by atoms with Gasteiger partial charge in [0, 0.05) is 0 Å². The van der Waals surface area contributed by atoms with Crippen LogP contribution < -0.4 is 24.0 Å². The number of hydrogen-bond acceptors (Lipinski definition) is 4. The molecule has 0 N–H and O–H groups in total. The average Bonchev–Trinajstić information content (AvgIpc) is 1.82. The Kier molecular flexibility index (Phi) is 6.04. The fourth-order valence-electron chi connectivity index (χ4n) is 0.450. The summed E-state index contributed by atoms with van der Waals surface area (Å²) >= 11 is 0.